The van der Waals surface area contributed by atoms with Gasteiger partial charge in [-0.15, -0.1) is 0 Å². The molecule has 0 radical (unpaired) electrons. The van der Waals surface area contributed by atoms with Crippen molar-refractivity contribution in [2.45, 2.75) is 26.2 Å². The van der Waals surface area contributed by atoms with E-state index in [2.05, 4.69) is 9.50 Å². The highest BCUT2D eigenvalue weighted by atomic mass is 32.3. The standard InChI is InChI=1S/C12H15NO5S/c1-7(14)8-4-9-10(13-6-12(9,2)3)5-11(8)18-19(15,16)17/h4-5,13H,6H2,1-3H3,(H,15,16,17). The van der Waals surface area contributed by atoms with Gasteiger partial charge in [0.15, 0.2) is 11.5 Å². The first-order chi connectivity index (χ1) is 8.60. The molecular weight excluding hydrogens is 270 g/mol. The van der Waals surface area contributed by atoms with Crippen LogP contribution in [0.2, 0.25) is 0 Å². The molecule has 2 N–H and O–H groups in total. The van der Waals surface area contributed by atoms with Gasteiger partial charge in [-0.2, -0.15) is 8.42 Å². The molecule has 6 nitrogen and oxygen atoms in total. The Morgan fingerprint density at radius 2 is 2.05 bits per heavy atom. The Kier molecular flexibility index (Phi) is 3.06. The molecule has 1 aliphatic heterocycles. The lowest BCUT2D eigenvalue weighted by atomic mass is 9.85. The van der Waals surface area contributed by atoms with Crippen molar-refractivity contribution in [3.8, 4) is 5.75 Å². The zero-order valence-electron chi connectivity index (χ0n) is 10.9. The third-order valence-corrected chi connectivity index (χ3v) is 3.53. The van der Waals surface area contributed by atoms with Crippen LogP contribution in [0.25, 0.3) is 0 Å². The Labute approximate surface area is 111 Å². The molecule has 0 bridgehead atoms. The Morgan fingerprint density at radius 3 is 2.58 bits per heavy atom. The average molecular weight is 285 g/mol. The van der Waals surface area contributed by atoms with E-state index in [1.807, 2.05) is 13.8 Å². The van der Waals surface area contributed by atoms with E-state index in [4.69, 9.17) is 4.55 Å². The van der Waals surface area contributed by atoms with E-state index >= 15 is 0 Å². The number of fused-ring (bicyclic) bond motifs is 1. The fourth-order valence-electron chi connectivity index (χ4n) is 2.15. The fourth-order valence-corrected chi connectivity index (χ4v) is 2.52. The van der Waals surface area contributed by atoms with Gasteiger partial charge in [0.1, 0.15) is 0 Å². The highest BCUT2D eigenvalue weighted by molar-refractivity contribution is 7.81. The maximum Gasteiger partial charge on any atom is 0.446 e. The number of carbonyl (C=O) groups excluding carboxylic acids is 1. The number of nitrogens with one attached hydrogen (secondary N) is 1. The molecule has 1 heterocycles. The van der Waals surface area contributed by atoms with E-state index < -0.39 is 10.4 Å². The Balaban J connectivity index is 2.60. The summed E-state index contributed by atoms with van der Waals surface area (Å²) in [5.74, 6) is -0.497. The molecule has 0 spiro atoms. The van der Waals surface area contributed by atoms with Crippen LogP contribution in [-0.2, 0) is 15.8 Å². The number of benzene rings is 1. The minimum Gasteiger partial charge on any atom is -0.384 e. The van der Waals surface area contributed by atoms with Gasteiger partial charge >= 0.3 is 10.4 Å². The van der Waals surface area contributed by atoms with Crippen molar-refractivity contribution in [2.24, 2.45) is 0 Å². The van der Waals surface area contributed by atoms with Gasteiger partial charge in [-0.25, -0.2) is 0 Å². The first-order valence-electron chi connectivity index (χ1n) is 5.70. The number of hydrogen-bond donors (Lipinski definition) is 2. The van der Waals surface area contributed by atoms with Crippen LogP contribution in [0.3, 0.4) is 0 Å². The quantitative estimate of drug-likeness (QED) is 0.649. The van der Waals surface area contributed by atoms with Crippen LogP contribution in [0, 0.1) is 0 Å². The normalized spacial score (nSPS) is 16.6. The largest absolute Gasteiger partial charge is 0.446 e. The molecule has 0 unspecified atom stereocenters. The van der Waals surface area contributed by atoms with Crippen molar-refractivity contribution >= 4 is 21.9 Å². The molecule has 1 aromatic carbocycles. The summed E-state index contributed by atoms with van der Waals surface area (Å²) < 4.78 is 34.8. The van der Waals surface area contributed by atoms with Crippen LogP contribution in [0.4, 0.5) is 5.69 Å². The van der Waals surface area contributed by atoms with Crippen LogP contribution in [-0.4, -0.2) is 25.3 Å². The Hall–Kier alpha value is -1.60. The van der Waals surface area contributed by atoms with Gasteiger partial charge < -0.3 is 9.50 Å². The molecule has 104 valence electrons. The third kappa shape index (κ3) is 2.71. The second kappa shape index (κ2) is 4.21. The maximum absolute atomic E-state index is 11.6. The zero-order chi connectivity index (χ0) is 14.4. The topological polar surface area (TPSA) is 92.7 Å². The van der Waals surface area contributed by atoms with Gasteiger partial charge in [0.2, 0.25) is 0 Å². The summed E-state index contributed by atoms with van der Waals surface area (Å²) in [5.41, 5.74) is 1.60. The Bertz CT molecular complexity index is 648. The predicted molar refractivity (Wildman–Crippen MR) is 70.1 cm³/mol. The van der Waals surface area contributed by atoms with E-state index in [1.165, 1.54) is 13.0 Å². The van der Waals surface area contributed by atoms with Gasteiger partial charge in [0, 0.05) is 23.7 Å². The lowest BCUT2D eigenvalue weighted by Crippen LogP contribution is -2.19. The average Bonchev–Trinajstić information content (AvgIpc) is 2.50. The molecule has 1 aliphatic rings. The molecule has 2 rings (SSSR count). The lowest BCUT2D eigenvalue weighted by Gasteiger charge is -2.18. The summed E-state index contributed by atoms with van der Waals surface area (Å²) in [6.07, 6.45) is 0. The zero-order valence-corrected chi connectivity index (χ0v) is 11.7. The first kappa shape index (κ1) is 13.8. The van der Waals surface area contributed by atoms with E-state index in [0.717, 1.165) is 5.56 Å². The van der Waals surface area contributed by atoms with Gasteiger partial charge in [0.05, 0.1) is 5.56 Å². The van der Waals surface area contributed by atoms with Crippen molar-refractivity contribution in [1.29, 1.82) is 0 Å². The smallest absolute Gasteiger partial charge is 0.384 e. The van der Waals surface area contributed by atoms with Crippen LogP contribution in [0.5, 0.6) is 5.75 Å². The molecular formula is C12H15NO5S. The fraction of sp³-hybridized carbons (Fsp3) is 0.417. The van der Waals surface area contributed by atoms with E-state index in [-0.39, 0.29) is 22.5 Å². The summed E-state index contributed by atoms with van der Waals surface area (Å²) in [7, 11) is -4.66. The van der Waals surface area contributed by atoms with Gasteiger partial charge in [-0.3, -0.25) is 9.35 Å². The highest BCUT2D eigenvalue weighted by Gasteiger charge is 2.32. The predicted octanol–water partition coefficient (Wildman–Crippen LogP) is 1.77. The molecule has 1 aromatic rings. The van der Waals surface area contributed by atoms with Crippen molar-refractivity contribution in [3.63, 3.8) is 0 Å². The summed E-state index contributed by atoms with van der Waals surface area (Å²) >= 11 is 0. The van der Waals surface area contributed by atoms with Crippen molar-refractivity contribution in [3.05, 3.63) is 23.3 Å². The maximum atomic E-state index is 11.6. The minimum absolute atomic E-state index is 0.133. The first-order valence-corrected chi connectivity index (χ1v) is 7.07. The summed E-state index contributed by atoms with van der Waals surface area (Å²) in [6, 6.07) is 3.03. The van der Waals surface area contributed by atoms with Crippen molar-refractivity contribution < 1.29 is 21.9 Å². The van der Waals surface area contributed by atoms with Crippen molar-refractivity contribution in [2.75, 3.05) is 11.9 Å². The van der Waals surface area contributed by atoms with Gasteiger partial charge in [-0.1, -0.05) is 13.8 Å². The highest BCUT2D eigenvalue weighted by Crippen LogP contribution is 2.40. The number of hydrogen-bond acceptors (Lipinski definition) is 5. The molecule has 0 fully saturated rings. The van der Waals surface area contributed by atoms with E-state index in [0.29, 0.717) is 12.2 Å². The van der Waals surface area contributed by atoms with Crippen molar-refractivity contribution in [1.82, 2.24) is 0 Å². The Morgan fingerprint density at radius 1 is 1.42 bits per heavy atom. The second-order valence-electron chi connectivity index (χ2n) is 5.20. The molecule has 0 aromatic heterocycles. The molecule has 19 heavy (non-hydrogen) atoms. The molecule has 0 saturated carbocycles. The molecule has 0 amide bonds. The number of ketones is 1. The van der Waals surface area contributed by atoms with Crippen LogP contribution < -0.4 is 9.50 Å². The SMILES string of the molecule is CC(=O)c1cc2c(cc1OS(=O)(=O)O)NCC2(C)C. The van der Waals surface area contributed by atoms with E-state index in [9.17, 15) is 13.2 Å². The van der Waals surface area contributed by atoms with Crippen LogP contribution in [0.15, 0.2) is 12.1 Å². The van der Waals surface area contributed by atoms with Gasteiger partial charge in [0.25, 0.3) is 0 Å². The molecule has 0 saturated heterocycles. The lowest BCUT2D eigenvalue weighted by molar-refractivity contribution is 0.101. The summed E-state index contributed by atoms with van der Waals surface area (Å²) in [5, 5.41) is 3.11. The molecule has 0 atom stereocenters. The number of Topliss-reactive ketones (excluding diaryl/α,β-unsaturated/α-hetero) is 1. The van der Waals surface area contributed by atoms with Crippen LogP contribution >= 0.6 is 0 Å². The third-order valence-electron chi connectivity index (χ3n) is 3.14. The van der Waals surface area contributed by atoms with E-state index in [1.54, 1.807) is 6.07 Å². The summed E-state index contributed by atoms with van der Waals surface area (Å²) in [6.45, 7) is 6.01. The number of carbonyl (C=O) groups is 1. The second-order valence-corrected chi connectivity index (χ2v) is 6.22. The summed E-state index contributed by atoms with van der Waals surface area (Å²) in [4.78, 5) is 11.6. The van der Waals surface area contributed by atoms with Crippen LogP contribution in [0.1, 0.15) is 36.7 Å². The molecule has 0 aliphatic carbocycles. The van der Waals surface area contributed by atoms with Gasteiger partial charge in [-0.05, 0) is 18.6 Å². The monoisotopic (exact) mass is 285 g/mol. The minimum atomic E-state index is -4.66. The number of anilines is 1. The number of rotatable bonds is 3. The molecule has 7 heteroatoms.